The van der Waals surface area contributed by atoms with Crippen molar-refractivity contribution in [2.24, 2.45) is 16.7 Å². The van der Waals surface area contributed by atoms with Crippen molar-refractivity contribution in [3.8, 4) is 0 Å². The smallest absolute Gasteiger partial charge is 0.0260 e. The molecular formula is C29H46. The summed E-state index contributed by atoms with van der Waals surface area (Å²) in [7, 11) is 0. The van der Waals surface area contributed by atoms with Gasteiger partial charge in [-0.25, -0.2) is 0 Å². The number of hydrogen-bond acceptors (Lipinski definition) is 0. The van der Waals surface area contributed by atoms with Gasteiger partial charge in [0.1, 0.15) is 0 Å². The predicted octanol–water partition coefficient (Wildman–Crippen LogP) is 9.38. The molecule has 0 saturated heterocycles. The minimum atomic E-state index is 0. The molecule has 0 amide bonds. The van der Waals surface area contributed by atoms with Gasteiger partial charge in [0.05, 0.1) is 0 Å². The van der Waals surface area contributed by atoms with Crippen LogP contribution in [0.1, 0.15) is 85.4 Å². The van der Waals surface area contributed by atoms with Crippen LogP contribution in [0, 0.1) is 23.7 Å². The topological polar surface area (TPSA) is 0 Å². The van der Waals surface area contributed by atoms with Gasteiger partial charge >= 0.3 is 0 Å². The molecule has 2 aromatic carbocycles. The molecule has 1 unspecified atom stereocenters. The average Bonchev–Trinajstić information content (AvgIpc) is 2.60. The molecule has 0 aliphatic carbocycles. The lowest BCUT2D eigenvalue weighted by Crippen LogP contribution is -2.17. The van der Waals surface area contributed by atoms with Crippen LogP contribution in [0.5, 0.6) is 0 Å². The Balaban J connectivity index is 0.000000527. The molecule has 2 aromatic rings. The third-order valence-electron chi connectivity index (χ3n) is 5.31. The lowest BCUT2D eigenvalue weighted by Gasteiger charge is -2.27. The fourth-order valence-electron chi connectivity index (χ4n) is 2.68. The minimum absolute atomic E-state index is 0. The molecule has 0 spiro atoms. The van der Waals surface area contributed by atoms with Gasteiger partial charge in [-0.3, -0.25) is 0 Å². The van der Waals surface area contributed by atoms with Crippen LogP contribution in [-0.4, -0.2) is 0 Å². The largest absolute Gasteiger partial charge is 0.0834 e. The molecule has 0 aromatic heterocycles. The summed E-state index contributed by atoms with van der Waals surface area (Å²) in [6.07, 6.45) is 8.05. The Kier molecular flexibility index (Phi) is 11.9. The van der Waals surface area contributed by atoms with Gasteiger partial charge < -0.3 is 0 Å². The third-order valence-corrected chi connectivity index (χ3v) is 5.31. The number of aryl methyl sites for hydroxylation is 2. The van der Waals surface area contributed by atoms with Crippen LogP contribution < -0.4 is 0 Å². The lowest BCUT2D eigenvalue weighted by molar-refractivity contribution is 0.247. The van der Waals surface area contributed by atoms with E-state index in [9.17, 15) is 0 Å². The highest BCUT2D eigenvalue weighted by molar-refractivity contribution is 5.48. The maximum absolute atomic E-state index is 2.36. The first-order valence-electron chi connectivity index (χ1n) is 10.7. The second-order valence-electron chi connectivity index (χ2n) is 10.4. The molecule has 0 N–H and O–H groups in total. The summed E-state index contributed by atoms with van der Waals surface area (Å²) in [5, 5.41) is 0. The van der Waals surface area contributed by atoms with Crippen molar-refractivity contribution in [3.63, 3.8) is 0 Å². The molecule has 0 heteroatoms. The van der Waals surface area contributed by atoms with E-state index in [1.165, 1.54) is 29.5 Å². The van der Waals surface area contributed by atoms with Crippen LogP contribution in [0.15, 0.2) is 60.7 Å². The molecule has 0 aliphatic rings. The molecule has 0 radical (unpaired) electrons. The Morgan fingerprint density at radius 1 is 0.828 bits per heavy atom. The van der Waals surface area contributed by atoms with Crippen LogP contribution in [0.4, 0.5) is 0 Å². The van der Waals surface area contributed by atoms with Gasteiger partial charge in [-0.2, -0.15) is 0 Å². The van der Waals surface area contributed by atoms with E-state index in [-0.39, 0.29) is 7.43 Å². The van der Waals surface area contributed by atoms with Crippen molar-refractivity contribution in [3.05, 3.63) is 77.4 Å². The standard InChI is InChI=1S/C15H24.C13H18.CH4/c1-12-6-9-14(10-7-12)11-8-13(2)15(3,4)5;1-13(2,3)11-7-10-12-8-5-4-6-9-12;/h6-7,9-10,13H,8,11H2,1-5H3;4-10H,11H2,1-3H3;1H4/b;10-7+;. The number of hydrogen-bond donors (Lipinski definition) is 0. The average molecular weight is 395 g/mol. The normalized spacial score (nSPS) is 12.7. The summed E-state index contributed by atoms with van der Waals surface area (Å²) in [5.74, 6) is 0.777. The fourth-order valence-corrected chi connectivity index (χ4v) is 2.68. The zero-order valence-corrected chi connectivity index (χ0v) is 19.5. The summed E-state index contributed by atoms with van der Waals surface area (Å²) in [5.41, 5.74) is 4.93. The highest BCUT2D eigenvalue weighted by Crippen LogP contribution is 2.29. The van der Waals surface area contributed by atoms with Crippen LogP contribution in [0.3, 0.4) is 0 Å². The monoisotopic (exact) mass is 394 g/mol. The van der Waals surface area contributed by atoms with E-state index >= 15 is 0 Å². The van der Waals surface area contributed by atoms with E-state index in [1.807, 2.05) is 6.07 Å². The summed E-state index contributed by atoms with van der Waals surface area (Å²) in [4.78, 5) is 0. The Labute approximate surface area is 182 Å². The molecular weight excluding hydrogens is 348 g/mol. The maximum Gasteiger partial charge on any atom is -0.0260 e. The molecule has 29 heavy (non-hydrogen) atoms. The maximum atomic E-state index is 2.36. The molecule has 0 fully saturated rings. The fraction of sp³-hybridized carbons (Fsp3) is 0.517. The van der Waals surface area contributed by atoms with E-state index in [1.54, 1.807) is 0 Å². The van der Waals surface area contributed by atoms with Gasteiger partial charge in [0, 0.05) is 0 Å². The number of benzene rings is 2. The zero-order chi connectivity index (χ0) is 21.2. The van der Waals surface area contributed by atoms with Crippen molar-refractivity contribution in [1.29, 1.82) is 0 Å². The van der Waals surface area contributed by atoms with E-state index in [2.05, 4.69) is 116 Å². The first-order chi connectivity index (χ1) is 13.0. The number of allylic oxidation sites excluding steroid dienone is 1. The van der Waals surface area contributed by atoms with Gasteiger partial charge in [-0.1, -0.05) is 128 Å². The van der Waals surface area contributed by atoms with Crippen LogP contribution >= 0.6 is 0 Å². The Bertz CT molecular complexity index is 676. The van der Waals surface area contributed by atoms with Gasteiger partial charge in [0.2, 0.25) is 0 Å². The van der Waals surface area contributed by atoms with E-state index in [0.29, 0.717) is 10.8 Å². The first-order valence-corrected chi connectivity index (χ1v) is 10.7. The molecule has 162 valence electrons. The Morgan fingerprint density at radius 2 is 1.38 bits per heavy atom. The van der Waals surface area contributed by atoms with Crippen molar-refractivity contribution in [2.45, 2.75) is 82.1 Å². The summed E-state index contributed by atoms with van der Waals surface area (Å²) in [6.45, 7) is 18.2. The molecule has 0 nitrogen and oxygen atoms in total. The van der Waals surface area contributed by atoms with Crippen molar-refractivity contribution >= 4 is 6.08 Å². The quantitative estimate of drug-likeness (QED) is 0.473. The van der Waals surface area contributed by atoms with Gasteiger partial charge in [-0.05, 0) is 54.1 Å². The molecule has 0 heterocycles. The lowest BCUT2D eigenvalue weighted by atomic mass is 9.79. The van der Waals surface area contributed by atoms with Crippen LogP contribution in [0.2, 0.25) is 0 Å². The minimum Gasteiger partial charge on any atom is -0.0834 e. The second kappa shape index (κ2) is 12.7. The molecule has 1 atom stereocenters. The van der Waals surface area contributed by atoms with E-state index in [0.717, 1.165) is 12.3 Å². The van der Waals surface area contributed by atoms with E-state index in [4.69, 9.17) is 0 Å². The highest BCUT2D eigenvalue weighted by Gasteiger charge is 2.19. The summed E-state index contributed by atoms with van der Waals surface area (Å²) < 4.78 is 0. The van der Waals surface area contributed by atoms with Crippen molar-refractivity contribution < 1.29 is 0 Å². The van der Waals surface area contributed by atoms with Crippen molar-refractivity contribution in [1.82, 2.24) is 0 Å². The first kappa shape index (κ1) is 27.2. The Morgan fingerprint density at radius 3 is 1.86 bits per heavy atom. The number of rotatable bonds is 5. The Hall–Kier alpha value is -1.82. The summed E-state index contributed by atoms with van der Waals surface area (Å²) in [6, 6.07) is 19.3. The highest BCUT2D eigenvalue weighted by atomic mass is 14.2. The van der Waals surface area contributed by atoms with Gasteiger partial charge in [0.25, 0.3) is 0 Å². The third kappa shape index (κ3) is 13.1. The van der Waals surface area contributed by atoms with Gasteiger partial charge in [-0.15, -0.1) is 0 Å². The van der Waals surface area contributed by atoms with Crippen LogP contribution in [-0.2, 0) is 6.42 Å². The summed E-state index contributed by atoms with van der Waals surface area (Å²) >= 11 is 0. The second-order valence-corrected chi connectivity index (χ2v) is 10.4. The van der Waals surface area contributed by atoms with Crippen LogP contribution in [0.25, 0.3) is 6.08 Å². The van der Waals surface area contributed by atoms with Crippen molar-refractivity contribution in [2.75, 3.05) is 0 Å². The molecule has 0 aliphatic heterocycles. The SMILES string of the molecule is C.CC(C)(C)C/C=C/c1ccccc1.Cc1ccc(CCC(C)C(C)(C)C)cc1. The zero-order valence-electron chi connectivity index (χ0n) is 19.5. The molecule has 0 saturated carbocycles. The molecule has 0 bridgehead atoms. The predicted molar refractivity (Wildman–Crippen MR) is 134 cm³/mol. The van der Waals surface area contributed by atoms with Gasteiger partial charge in [0.15, 0.2) is 0 Å². The van der Waals surface area contributed by atoms with E-state index < -0.39 is 0 Å². The molecule has 2 rings (SSSR count).